The Balaban J connectivity index is 1.68. The SMILES string of the molecule is COc1ccc(C=NNC(=O)c2[nH]c3ccc([N+](=O)[O-])cc3c2-c2ccccc2)cc1OC. The van der Waals surface area contributed by atoms with Crippen LogP contribution < -0.4 is 14.9 Å². The number of aromatic amines is 1. The maximum Gasteiger partial charge on any atom is 0.288 e. The predicted octanol–water partition coefficient (Wildman–Crippen LogP) is 4.52. The van der Waals surface area contributed by atoms with E-state index < -0.39 is 10.8 Å². The normalized spacial score (nSPS) is 11.0. The van der Waals surface area contributed by atoms with Crippen molar-refractivity contribution in [1.29, 1.82) is 0 Å². The Hall–Kier alpha value is -4.66. The Morgan fingerprint density at radius 3 is 2.48 bits per heavy atom. The van der Waals surface area contributed by atoms with Crippen LogP contribution in [0.1, 0.15) is 16.1 Å². The van der Waals surface area contributed by atoms with Crippen LogP contribution in [0, 0.1) is 10.1 Å². The van der Waals surface area contributed by atoms with Crippen LogP contribution in [-0.2, 0) is 0 Å². The molecule has 0 fully saturated rings. The van der Waals surface area contributed by atoms with E-state index in [9.17, 15) is 14.9 Å². The smallest absolute Gasteiger partial charge is 0.288 e. The number of methoxy groups -OCH3 is 2. The van der Waals surface area contributed by atoms with Gasteiger partial charge in [-0.25, -0.2) is 5.43 Å². The Morgan fingerprint density at radius 1 is 1.03 bits per heavy atom. The monoisotopic (exact) mass is 444 g/mol. The van der Waals surface area contributed by atoms with Gasteiger partial charge in [-0.3, -0.25) is 14.9 Å². The summed E-state index contributed by atoms with van der Waals surface area (Å²) in [5, 5.41) is 15.9. The minimum Gasteiger partial charge on any atom is -0.493 e. The number of hydrogen-bond donors (Lipinski definition) is 2. The fourth-order valence-electron chi connectivity index (χ4n) is 3.52. The standard InChI is InChI=1S/C24H20N4O5/c1-32-20-11-8-15(12-21(20)33-2)14-25-27-24(29)23-22(16-6-4-3-5-7-16)18-13-17(28(30)31)9-10-19(18)26-23/h3-14,26H,1-2H3,(H,27,29). The van der Waals surface area contributed by atoms with Gasteiger partial charge >= 0.3 is 0 Å². The van der Waals surface area contributed by atoms with Gasteiger partial charge in [-0.2, -0.15) is 5.10 Å². The van der Waals surface area contributed by atoms with E-state index >= 15 is 0 Å². The van der Waals surface area contributed by atoms with Gasteiger partial charge in [0.05, 0.1) is 25.4 Å². The molecule has 2 N–H and O–H groups in total. The number of amides is 1. The van der Waals surface area contributed by atoms with E-state index in [-0.39, 0.29) is 11.4 Å². The summed E-state index contributed by atoms with van der Waals surface area (Å²) < 4.78 is 10.5. The first-order valence-electron chi connectivity index (χ1n) is 9.92. The van der Waals surface area contributed by atoms with Gasteiger partial charge in [-0.1, -0.05) is 30.3 Å². The number of nitrogens with one attached hydrogen (secondary N) is 2. The van der Waals surface area contributed by atoms with Gasteiger partial charge in [0.25, 0.3) is 11.6 Å². The van der Waals surface area contributed by atoms with Crippen LogP contribution in [0.25, 0.3) is 22.0 Å². The zero-order chi connectivity index (χ0) is 23.4. The Bertz CT molecular complexity index is 1360. The first kappa shape index (κ1) is 21.6. The lowest BCUT2D eigenvalue weighted by Crippen LogP contribution is -2.18. The fourth-order valence-corrected chi connectivity index (χ4v) is 3.52. The molecule has 9 heteroatoms. The molecule has 166 valence electrons. The van der Waals surface area contributed by atoms with Crippen LogP contribution in [0.2, 0.25) is 0 Å². The second kappa shape index (κ2) is 9.23. The van der Waals surface area contributed by atoms with Crippen molar-refractivity contribution in [3.8, 4) is 22.6 Å². The van der Waals surface area contributed by atoms with Crippen molar-refractivity contribution in [2.45, 2.75) is 0 Å². The zero-order valence-electron chi connectivity index (χ0n) is 17.9. The minimum atomic E-state index is -0.482. The lowest BCUT2D eigenvalue weighted by Gasteiger charge is -2.07. The van der Waals surface area contributed by atoms with E-state index in [1.54, 1.807) is 31.4 Å². The summed E-state index contributed by atoms with van der Waals surface area (Å²) in [5.41, 5.74) is 5.32. The van der Waals surface area contributed by atoms with Crippen LogP contribution in [-0.4, -0.2) is 36.2 Å². The molecule has 0 unspecified atom stereocenters. The average molecular weight is 444 g/mol. The third-order valence-electron chi connectivity index (χ3n) is 5.07. The Morgan fingerprint density at radius 2 is 1.79 bits per heavy atom. The number of carbonyl (C=O) groups excluding carboxylic acids is 1. The molecule has 33 heavy (non-hydrogen) atoms. The van der Waals surface area contributed by atoms with Gasteiger partial charge in [0.15, 0.2) is 11.5 Å². The second-order valence-electron chi connectivity index (χ2n) is 7.04. The first-order chi connectivity index (χ1) is 16.0. The van der Waals surface area contributed by atoms with Gasteiger partial charge in [0, 0.05) is 28.6 Å². The molecular formula is C24H20N4O5. The number of fused-ring (bicyclic) bond motifs is 1. The molecule has 0 saturated carbocycles. The molecule has 0 aliphatic carbocycles. The van der Waals surface area contributed by atoms with Crippen molar-refractivity contribution in [3.05, 3.63) is 88.1 Å². The number of nitrogens with zero attached hydrogens (tertiary/aromatic N) is 2. The molecule has 0 radical (unpaired) electrons. The molecule has 0 spiro atoms. The highest BCUT2D eigenvalue weighted by Gasteiger charge is 2.21. The molecule has 3 aromatic carbocycles. The molecule has 4 aromatic rings. The molecule has 1 aromatic heterocycles. The lowest BCUT2D eigenvalue weighted by atomic mass is 10.0. The quantitative estimate of drug-likeness (QED) is 0.247. The van der Waals surface area contributed by atoms with Crippen molar-refractivity contribution in [1.82, 2.24) is 10.4 Å². The second-order valence-corrected chi connectivity index (χ2v) is 7.04. The van der Waals surface area contributed by atoms with Gasteiger partial charge in [-0.15, -0.1) is 0 Å². The maximum absolute atomic E-state index is 13.0. The van der Waals surface area contributed by atoms with Crippen LogP contribution >= 0.6 is 0 Å². The van der Waals surface area contributed by atoms with Crippen molar-refractivity contribution < 1.29 is 19.2 Å². The summed E-state index contributed by atoms with van der Waals surface area (Å²) >= 11 is 0. The van der Waals surface area contributed by atoms with Crippen molar-refractivity contribution in [2.75, 3.05) is 14.2 Å². The number of benzene rings is 3. The largest absolute Gasteiger partial charge is 0.493 e. The Labute approximate surface area is 188 Å². The number of rotatable bonds is 7. The number of non-ortho nitro benzene ring substituents is 1. The van der Waals surface area contributed by atoms with E-state index in [2.05, 4.69) is 15.5 Å². The predicted molar refractivity (Wildman–Crippen MR) is 125 cm³/mol. The van der Waals surface area contributed by atoms with E-state index in [4.69, 9.17) is 9.47 Å². The van der Waals surface area contributed by atoms with E-state index in [1.165, 1.54) is 25.5 Å². The Kier molecular flexibility index (Phi) is 6.03. The summed E-state index contributed by atoms with van der Waals surface area (Å²) in [5.74, 6) is 0.638. The van der Waals surface area contributed by atoms with Gasteiger partial charge in [-0.05, 0) is 35.4 Å². The van der Waals surface area contributed by atoms with Crippen molar-refractivity contribution >= 4 is 28.7 Å². The number of H-pyrrole nitrogens is 1. The van der Waals surface area contributed by atoms with E-state index in [1.807, 2.05) is 30.3 Å². The molecule has 0 aliphatic heterocycles. The summed E-state index contributed by atoms with van der Waals surface area (Å²) in [7, 11) is 3.08. The number of nitro groups is 1. The number of hydrogen-bond acceptors (Lipinski definition) is 6. The molecule has 9 nitrogen and oxygen atoms in total. The van der Waals surface area contributed by atoms with Gasteiger partial charge < -0.3 is 14.5 Å². The number of carbonyl (C=O) groups is 1. The fraction of sp³-hybridized carbons (Fsp3) is 0.0833. The highest BCUT2D eigenvalue weighted by molar-refractivity contribution is 6.10. The van der Waals surface area contributed by atoms with Crippen LogP contribution in [0.3, 0.4) is 0 Å². The molecule has 0 atom stereocenters. The molecule has 0 saturated heterocycles. The van der Waals surface area contributed by atoms with Gasteiger partial charge in [0.2, 0.25) is 0 Å². The molecule has 1 amide bonds. The molecule has 4 rings (SSSR count). The van der Waals surface area contributed by atoms with Crippen LogP contribution in [0.4, 0.5) is 5.69 Å². The highest BCUT2D eigenvalue weighted by atomic mass is 16.6. The highest BCUT2D eigenvalue weighted by Crippen LogP contribution is 2.34. The zero-order valence-corrected chi connectivity index (χ0v) is 17.9. The topological polar surface area (TPSA) is 119 Å². The molecule has 1 heterocycles. The van der Waals surface area contributed by atoms with Crippen molar-refractivity contribution in [3.63, 3.8) is 0 Å². The van der Waals surface area contributed by atoms with E-state index in [0.717, 1.165) is 5.56 Å². The number of ether oxygens (including phenoxy) is 2. The summed E-state index contributed by atoms with van der Waals surface area (Å²) in [6.07, 6.45) is 1.48. The minimum absolute atomic E-state index is 0.0582. The molecule has 0 bridgehead atoms. The third-order valence-corrected chi connectivity index (χ3v) is 5.07. The number of hydrazone groups is 1. The average Bonchev–Trinajstić information content (AvgIpc) is 3.23. The van der Waals surface area contributed by atoms with Gasteiger partial charge in [0.1, 0.15) is 5.69 Å². The molecular weight excluding hydrogens is 424 g/mol. The number of nitro benzene ring substituents is 1. The first-order valence-corrected chi connectivity index (χ1v) is 9.92. The molecule has 0 aliphatic rings. The van der Waals surface area contributed by atoms with E-state index in [0.29, 0.717) is 33.5 Å². The van der Waals surface area contributed by atoms with Crippen molar-refractivity contribution in [2.24, 2.45) is 5.10 Å². The van der Waals surface area contributed by atoms with Crippen LogP contribution in [0.5, 0.6) is 11.5 Å². The summed E-state index contributed by atoms with van der Waals surface area (Å²) in [6, 6.07) is 18.9. The summed E-state index contributed by atoms with van der Waals surface area (Å²) in [4.78, 5) is 26.9. The van der Waals surface area contributed by atoms with Crippen LogP contribution in [0.15, 0.2) is 71.8 Å². The number of aromatic nitrogens is 1. The third kappa shape index (κ3) is 4.38. The maximum atomic E-state index is 13.0. The lowest BCUT2D eigenvalue weighted by molar-refractivity contribution is -0.384. The summed E-state index contributed by atoms with van der Waals surface area (Å²) in [6.45, 7) is 0.